The second kappa shape index (κ2) is 5.96. The van der Waals surface area contributed by atoms with Crippen molar-refractivity contribution in [1.29, 1.82) is 0 Å². The zero-order valence-corrected chi connectivity index (χ0v) is 12.1. The number of aromatic nitrogens is 2. The van der Waals surface area contributed by atoms with Crippen LogP contribution in [-0.2, 0) is 4.74 Å². The predicted molar refractivity (Wildman–Crippen MR) is 77.9 cm³/mol. The number of nitrogen functional groups attached to an aromatic ring is 1. The van der Waals surface area contributed by atoms with Crippen molar-refractivity contribution in [3.05, 3.63) is 46.9 Å². The summed E-state index contributed by atoms with van der Waals surface area (Å²) >= 11 is 6.17. The number of anilines is 1. The third kappa shape index (κ3) is 2.63. The van der Waals surface area contributed by atoms with Gasteiger partial charge in [-0.25, -0.2) is 9.78 Å². The lowest BCUT2D eigenvalue weighted by Gasteiger charge is -2.16. The lowest BCUT2D eigenvalue weighted by Crippen LogP contribution is -2.13. The van der Waals surface area contributed by atoms with E-state index in [0.717, 1.165) is 5.56 Å². The highest BCUT2D eigenvalue weighted by atomic mass is 35.5. The Hall–Kier alpha value is -2.01. The third-order valence-corrected chi connectivity index (χ3v) is 3.42. The number of nitrogens with zero attached hydrogens (tertiary/aromatic N) is 2. The van der Waals surface area contributed by atoms with Gasteiger partial charge in [0.2, 0.25) is 0 Å². The van der Waals surface area contributed by atoms with E-state index in [1.165, 1.54) is 6.33 Å². The minimum Gasteiger partial charge on any atom is -0.461 e. The summed E-state index contributed by atoms with van der Waals surface area (Å²) in [4.78, 5) is 15.7. The Morgan fingerprint density at radius 2 is 2.20 bits per heavy atom. The highest BCUT2D eigenvalue weighted by Gasteiger charge is 2.21. The average Bonchev–Trinajstić information content (AvgIpc) is 2.81. The summed E-state index contributed by atoms with van der Waals surface area (Å²) in [6.07, 6.45) is 1.52. The molecule has 20 heavy (non-hydrogen) atoms. The number of benzene rings is 1. The van der Waals surface area contributed by atoms with Gasteiger partial charge in [0.15, 0.2) is 5.69 Å². The van der Waals surface area contributed by atoms with Crippen LogP contribution in [0.2, 0.25) is 5.02 Å². The van der Waals surface area contributed by atoms with Crippen LogP contribution in [0.3, 0.4) is 0 Å². The fourth-order valence-corrected chi connectivity index (χ4v) is 2.29. The second-order valence-corrected chi connectivity index (χ2v) is 4.71. The SMILES string of the molecule is CCOC(=O)c1ncn(C(C)c2ccccc2Cl)c1N. The molecule has 1 aromatic heterocycles. The van der Waals surface area contributed by atoms with Gasteiger partial charge in [-0.15, -0.1) is 0 Å². The smallest absolute Gasteiger partial charge is 0.360 e. The Morgan fingerprint density at radius 3 is 2.85 bits per heavy atom. The fraction of sp³-hybridized carbons (Fsp3) is 0.286. The van der Waals surface area contributed by atoms with Crippen molar-refractivity contribution in [2.75, 3.05) is 12.3 Å². The molecule has 2 N–H and O–H groups in total. The first-order valence-electron chi connectivity index (χ1n) is 6.30. The Kier molecular flexibility index (Phi) is 4.29. The van der Waals surface area contributed by atoms with E-state index in [0.29, 0.717) is 5.02 Å². The van der Waals surface area contributed by atoms with Crippen LogP contribution in [0.15, 0.2) is 30.6 Å². The molecule has 0 aliphatic carbocycles. The number of hydrogen-bond donors (Lipinski definition) is 1. The van der Waals surface area contributed by atoms with Crippen molar-refractivity contribution in [2.45, 2.75) is 19.9 Å². The molecule has 6 heteroatoms. The molecule has 5 nitrogen and oxygen atoms in total. The van der Waals surface area contributed by atoms with E-state index in [1.54, 1.807) is 11.5 Å². The van der Waals surface area contributed by atoms with Crippen molar-refractivity contribution in [1.82, 2.24) is 9.55 Å². The largest absolute Gasteiger partial charge is 0.461 e. The standard InChI is InChI=1S/C14H16ClN3O2/c1-3-20-14(19)12-13(16)18(8-17-12)9(2)10-6-4-5-7-11(10)15/h4-9H,3,16H2,1-2H3. The van der Waals surface area contributed by atoms with Crippen molar-refractivity contribution in [3.8, 4) is 0 Å². The van der Waals surface area contributed by atoms with E-state index in [2.05, 4.69) is 4.98 Å². The molecule has 0 saturated heterocycles. The van der Waals surface area contributed by atoms with Gasteiger partial charge < -0.3 is 15.0 Å². The summed E-state index contributed by atoms with van der Waals surface area (Å²) < 4.78 is 6.61. The second-order valence-electron chi connectivity index (χ2n) is 4.30. The average molecular weight is 294 g/mol. The molecule has 0 amide bonds. The van der Waals surface area contributed by atoms with Gasteiger partial charge in [0.1, 0.15) is 5.82 Å². The molecule has 0 spiro atoms. The van der Waals surface area contributed by atoms with E-state index >= 15 is 0 Å². The zero-order chi connectivity index (χ0) is 14.7. The number of imidazole rings is 1. The molecule has 0 bridgehead atoms. The summed E-state index contributed by atoms with van der Waals surface area (Å²) in [5.41, 5.74) is 7.02. The lowest BCUT2D eigenvalue weighted by atomic mass is 10.1. The molecule has 1 unspecified atom stereocenters. The van der Waals surface area contributed by atoms with Gasteiger partial charge in [0.25, 0.3) is 0 Å². The maximum Gasteiger partial charge on any atom is 0.360 e. The molecule has 2 rings (SSSR count). The summed E-state index contributed by atoms with van der Waals surface area (Å²) in [5, 5.41) is 0.644. The van der Waals surface area contributed by atoms with Crippen molar-refractivity contribution < 1.29 is 9.53 Å². The van der Waals surface area contributed by atoms with Crippen molar-refractivity contribution in [3.63, 3.8) is 0 Å². The van der Waals surface area contributed by atoms with Crippen molar-refractivity contribution in [2.24, 2.45) is 0 Å². The lowest BCUT2D eigenvalue weighted by molar-refractivity contribution is 0.0521. The number of carbonyl (C=O) groups excluding carboxylic acids is 1. The van der Waals surface area contributed by atoms with Crippen LogP contribution in [0.4, 0.5) is 5.82 Å². The van der Waals surface area contributed by atoms with E-state index in [9.17, 15) is 4.79 Å². The van der Waals surface area contributed by atoms with Gasteiger partial charge in [0.05, 0.1) is 19.0 Å². The van der Waals surface area contributed by atoms with E-state index in [-0.39, 0.29) is 24.2 Å². The molecule has 2 aromatic rings. The molecule has 1 aromatic carbocycles. The molecule has 1 atom stereocenters. The highest BCUT2D eigenvalue weighted by molar-refractivity contribution is 6.31. The molecule has 106 valence electrons. The molecule has 0 radical (unpaired) electrons. The first-order chi connectivity index (χ1) is 9.56. The van der Waals surface area contributed by atoms with Crippen LogP contribution >= 0.6 is 11.6 Å². The molecular formula is C14H16ClN3O2. The number of halogens is 1. The van der Waals surface area contributed by atoms with Crippen LogP contribution in [0, 0.1) is 0 Å². The first-order valence-corrected chi connectivity index (χ1v) is 6.67. The van der Waals surface area contributed by atoms with Gasteiger partial charge in [-0.3, -0.25) is 0 Å². The van der Waals surface area contributed by atoms with Gasteiger partial charge >= 0.3 is 5.97 Å². The Balaban J connectivity index is 2.35. The molecule has 0 fully saturated rings. The van der Waals surface area contributed by atoms with Crippen LogP contribution < -0.4 is 5.73 Å². The molecule has 1 heterocycles. The number of nitrogens with two attached hydrogens (primary N) is 1. The number of esters is 1. The van der Waals surface area contributed by atoms with Gasteiger partial charge in [0, 0.05) is 5.02 Å². The summed E-state index contributed by atoms with van der Waals surface area (Å²) in [7, 11) is 0. The monoisotopic (exact) mass is 293 g/mol. The van der Waals surface area contributed by atoms with Crippen LogP contribution in [-0.4, -0.2) is 22.1 Å². The van der Waals surface area contributed by atoms with E-state index in [1.807, 2.05) is 31.2 Å². The molecule has 0 saturated carbocycles. The third-order valence-electron chi connectivity index (χ3n) is 3.07. The Labute approximate surface area is 122 Å². The fourth-order valence-electron chi connectivity index (χ4n) is 2.00. The van der Waals surface area contributed by atoms with Crippen LogP contribution in [0.1, 0.15) is 35.9 Å². The minimum atomic E-state index is -0.518. The summed E-state index contributed by atoms with van der Waals surface area (Å²) in [6, 6.07) is 7.36. The maximum atomic E-state index is 11.7. The zero-order valence-electron chi connectivity index (χ0n) is 11.3. The predicted octanol–water partition coefficient (Wildman–Crippen LogP) is 2.90. The normalized spacial score (nSPS) is 12.2. The molecule has 0 aliphatic rings. The highest BCUT2D eigenvalue weighted by Crippen LogP contribution is 2.28. The van der Waals surface area contributed by atoms with Crippen molar-refractivity contribution >= 4 is 23.4 Å². The molecular weight excluding hydrogens is 278 g/mol. The summed E-state index contributed by atoms with van der Waals surface area (Å²) in [5.74, 6) is -0.244. The Morgan fingerprint density at radius 1 is 1.50 bits per heavy atom. The van der Waals surface area contributed by atoms with Gasteiger partial charge in [-0.2, -0.15) is 0 Å². The number of rotatable bonds is 4. The minimum absolute atomic E-state index is 0.126. The van der Waals surface area contributed by atoms with Crippen LogP contribution in [0.5, 0.6) is 0 Å². The van der Waals surface area contributed by atoms with Gasteiger partial charge in [-0.05, 0) is 25.5 Å². The topological polar surface area (TPSA) is 70.1 Å². The van der Waals surface area contributed by atoms with Gasteiger partial charge in [-0.1, -0.05) is 29.8 Å². The number of ether oxygens (including phenoxy) is 1. The summed E-state index contributed by atoms with van der Waals surface area (Å²) in [6.45, 7) is 3.96. The quantitative estimate of drug-likeness (QED) is 0.880. The van der Waals surface area contributed by atoms with E-state index in [4.69, 9.17) is 22.1 Å². The first kappa shape index (κ1) is 14.4. The van der Waals surface area contributed by atoms with E-state index < -0.39 is 5.97 Å². The number of carbonyl (C=O) groups is 1. The Bertz CT molecular complexity index is 625. The molecule has 0 aliphatic heterocycles. The van der Waals surface area contributed by atoms with Crippen LogP contribution in [0.25, 0.3) is 0 Å². The maximum absolute atomic E-state index is 11.7. The number of hydrogen-bond acceptors (Lipinski definition) is 4.